The van der Waals surface area contributed by atoms with E-state index in [0.29, 0.717) is 25.3 Å². The van der Waals surface area contributed by atoms with Crippen LogP contribution >= 0.6 is 0 Å². The Morgan fingerprint density at radius 3 is 2.51 bits per heavy atom. The summed E-state index contributed by atoms with van der Waals surface area (Å²) < 4.78 is 10.7. The van der Waals surface area contributed by atoms with Gasteiger partial charge in [-0.1, -0.05) is 55.8 Å². The zero-order chi connectivity index (χ0) is 24.8. The second kappa shape index (κ2) is 11.2. The summed E-state index contributed by atoms with van der Waals surface area (Å²) in [4.78, 5) is 40.4. The molecule has 2 atom stereocenters. The number of likely N-dealkylation sites (tertiary alicyclic amines) is 1. The van der Waals surface area contributed by atoms with Crippen molar-refractivity contribution in [3.63, 3.8) is 0 Å². The molecule has 184 valence electrons. The molecule has 2 heterocycles. The van der Waals surface area contributed by atoms with Crippen LogP contribution in [-0.4, -0.2) is 60.2 Å². The Balaban J connectivity index is 1.43. The number of hydrogen-bond donors (Lipinski definition) is 0. The van der Waals surface area contributed by atoms with Gasteiger partial charge in [0.15, 0.2) is 6.61 Å². The van der Waals surface area contributed by atoms with E-state index in [1.165, 1.54) is 5.01 Å². The lowest BCUT2D eigenvalue weighted by Gasteiger charge is -2.28. The van der Waals surface area contributed by atoms with Crippen LogP contribution in [0.1, 0.15) is 49.8 Å². The molecule has 8 heteroatoms. The normalized spacial score (nSPS) is 19.6. The Hall–Kier alpha value is -3.68. The Morgan fingerprint density at radius 1 is 1.09 bits per heavy atom. The van der Waals surface area contributed by atoms with Crippen molar-refractivity contribution in [2.24, 2.45) is 11.0 Å². The Labute approximate surface area is 205 Å². The number of nitrogens with zero attached hydrogens (tertiary/aromatic N) is 3. The molecule has 0 radical (unpaired) electrons. The summed E-state index contributed by atoms with van der Waals surface area (Å²) in [6.07, 6.45) is 2.49. The van der Waals surface area contributed by atoms with E-state index in [4.69, 9.17) is 9.47 Å². The summed E-state index contributed by atoms with van der Waals surface area (Å²) in [5, 5.41) is 5.76. The first-order valence-corrected chi connectivity index (χ1v) is 12.0. The minimum atomic E-state index is -0.678. The van der Waals surface area contributed by atoms with E-state index < -0.39 is 24.5 Å². The third-order valence-electron chi connectivity index (χ3n) is 6.48. The number of amides is 2. The molecule has 2 aliphatic heterocycles. The third-order valence-corrected chi connectivity index (χ3v) is 6.48. The van der Waals surface area contributed by atoms with Crippen LogP contribution in [-0.2, 0) is 19.1 Å². The highest BCUT2D eigenvalue weighted by atomic mass is 16.5. The molecule has 2 amide bonds. The van der Waals surface area contributed by atoms with Gasteiger partial charge in [0, 0.05) is 19.4 Å². The lowest BCUT2D eigenvalue weighted by atomic mass is 9.93. The molecule has 8 nitrogen and oxygen atoms in total. The molecule has 2 aliphatic rings. The maximum Gasteiger partial charge on any atom is 0.312 e. The number of unbranched alkanes of at least 4 members (excludes halogenated alkanes) is 1. The number of methoxy groups -OCH3 is 1. The maximum absolute atomic E-state index is 13.1. The third kappa shape index (κ3) is 5.53. The molecule has 0 aliphatic carbocycles. The van der Waals surface area contributed by atoms with Crippen LogP contribution in [0, 0.1) is 5.92 Å². The Bertz CT molecular complexity index is 1080. The Kier molecular flexibility index (Phi) is 7.80. The first kappa shape index (κ1) is 24.4. The molecule has 2 aromatic carbocycles. The van der Waals surface area contributed by atoms with Crippen molar-refractivity contribution < 1.29 is 23.9 Å². The maximum atomic E-state index is 13.1. The van der Waals surface area contributed by atoms with Crippen LogP contribution in [0.15, 0.2) is 59.7 Å². The second-order valence-electron chi connectivity index (χ2n) is 8.76. The highest BCUT2D eigenvalue weighted by Crippen LogP contribution is 2.39. The number of hydrazone groups is 1. The minimum absolute atomic E-state index is 0.0630. The molecule has 1 saturated heterocycles. The summed E-state index contributed by atoms with van der Waals surface area (Å²) in [5.74, 6) is -0.980. The fourth-order valence-corrected chi connectivity index (χ4v) is 4.59. The summed E-state index contributed by atoms with van der Waals surface area (Å²) in [5.41, 5.74) is 2.65. The molecule has 0 spiro atoms. The van der Waals surface area contributed by atoms with Crippen LogP contribution in [0.2, 0.25) is 0 Å². The predicted molar refractivity (Wildman–Crippen MR) is 131 cm³/mol. The fraction of sp³-hybridized carbons (Fsp3) is 0.407. The first-order chi connectivity index (χ1) is 17.0. The Morgan fingerprint density at radius 2 is 1.83 bits per heavy atom. The number of hydrogen-bond acceptors (Lipinski definition) is 6. The highest BCUT2D eigenvalue weighted by molar-refractivity contribution is 6.02. The van der Waals surface area contributed by atoms with Crippen molar-refractivity contribution >= 4 is 23.5 Å². The van der Waals surface area contributed by atoms with E-state index in [-0.39, 0.29) is 18.2 Å². The SMILES string of the molecule is CCCCN1C(=O)C[C@H](C(=O)OCC(=O)N2CCC(c3ccccc3)=N2)[C@@H]1c1ccc(OC)cc1. The number of carbonyl (C=O) groups excluding carboxylic acids is 3. The number of rotatable bonds is 9. The van der Waals surface area contributed by atoms with Crippen LogP contribution in [0.5, 0.6) is 5.75 Å². The molecule has 0 unspecified atom stereocenters. The van der Waals surface area contributed by atoms with Crippen molar-refractivity contribution in [2.75, 3.05) is 26.8 Å². The topological polar surface area (TPSA) is 88.5 Å². The van der Waals surface area contributed by atoms with Gasteiger partial charge in [0.25, 0.3) is 5.91 Å². The molecule has 1 fully saturated rings. The van der Waals surface area contributed by atoms with Crippen molar-refractivity contribution in [1.29, 1.82) is 0 Å². The van der Waals surface area contributed by atoms with Gasteiger partial charge in [-0.15, -0.1) is 0 Å². The summed E-state index contributed by atoms with van der Waals surface area (Å²) >= 11 is 0. The summed E-state index contributed by atoms with van der Waals surface area (Å²) in [6, 6.07) is 16.6. The largest absolute Gasteiger partial charge is 0.497 e. The molecule has 0 bridgehead atoms. The van der Waals surface area contributed by atoms with E-state index in [0.717, 1.165) is 29.7 Å². The van der Waals surface area contributed by atoms with Gasteiger partial charge in [-0.2, -0.15) is 5.10 Å². The van der Waals surface area contributed by atoms with Crippen molar-refractivity contribution in [1.82, 2.24) is 9.91 Å². The molecular formula is C27H31N3O5. The van der Waals surface area contributed by atoms with Gasteiger partial charge in [-0.25, -0.2) is 5.01 Å². The van der Waals surface area contributed by atoms with Gasteiger partial charge in [0.1, 0.15) is 5.75 Å². The van der Waals surface area contributed by atoms with Gasteiger partial charge < -0.3 is 14.4 Å². The fourth-order valence-electron chi connectivity index (χ4n) is 4.59. The molecule has 0 aromatic heterocycles. The van der Waals surface area contributed by atoms with E-state index in [2.05, 4.69) is 12.0 Å². The molecule has 2 aromatic rings. The monoisotopic (exact) mass is 477 g/mol. The number of ether oxygens (including phenoxy) is 2. The highest BCUT2D eigenvalue weighted by Gasteiger charge is 2.45. The second-order valence-corrected chi connectivity index (χ2v) is 8.76. The molecule has 35 heavy (non-hydrogen) atoms. The predicted octanol–water partition coefficient (Wildman–Crippen LogP) is 3.56. The molecule has 0 saturated carbocycles. The first-order valence-electron chi connectivity index (χ1n) is 12.0. The zero-order valence-electron chi connectivity index (χ0n) is 20.2. The number of benzene rings is 2. The minimum Gasteiger partial charge on any atom is -0.497 e. The van der Waals surface area contributed by atoms with Crippen LogP contribution < -0.4 is 4.74 Å². The van der Waals surface area contributed by atoms with Crippen LogP contribution in [0.3, 0.4) is 0 Å². The summed E-state index contributed by atoms with van der Waals surface area (Å²) in [7, 11) is 1.59. The van der Waals surface area contributed by atoms with E-state index in [1.807, 2.05) is 54.6 Å². The van der Waals surface area contributed by atoms with Crippen molar-refractivity contribution in [3.05, 3.63) is 65.7 Å². The standard InChI is InChI=1S/C27H31N3O5/c1-3-4-15-29-24(31)17-22(26(29)20-10-12-21(34-2)13-11-20)27(33)35-18-25(32)30-16-14-23(28-30)19-8-6-5-7-9-19/h5-13,22,26H,3-4,14-18H2,1-2H3/t22-,26-/m0/s1. The van der Waals surface area contributed by atoms with Gasteiger partial charge >= 0.3 is 5.97 Å². The van der Waals surface area contributed by atoms with E-state index >= 15 is 0 Å². The average molecular weight is 478 g/mol. The quantitative estimate of drug-likeness (QED) is 0.515. The lowest BCUT2D eigenvalue weighted by Crippen LogP contribution is -2.33. The molecular weight excluding hydrogens is 446 g/mol. The van der Waals surface area contributed by atoms with Crippen molar-refractivity contribution in [3.8, 4) is 5.75 Å². The van der Waals surface area contributed by atoms with Crippen LogP contribution in [0.25, 0.3) is 0 Å². The van der Waals surface area contributed by atoms with E-state index in [1.54, 1.807) is 12.0 Å². The lowest BCUT2D eigenvalue weighted by molar-refractivity contribution is -0.156. The zero-order valence-corrected chi connectivity index (χ0v) is 20.2. The number of esters is 1. The van der Waals surface area contributed by atoms with Gasteiger partial charge in [0.2, 0.25) is 5.91 Å². The van der Waals surface area contributed by atoms with Gasteiger partial charge in [0.05, 0.1) is 31.3 Å². The number of carbonyl (C=O) groups is 3. The van der Waals surface area contributed by atoms with Gasteiger partial charge in [-0.3, -0.25) is 14.4 Å². The summed E-state index contributed by atoms with van der Waals surface area (Å²) in [6.45, 7) is 2.67. The smallest absolute Gasteiger partial charge is 0.312 e. The van der Waals surface area contributed by atoms with Crippen LogP contribution in [0.4, 0.5) is 0 Å². The van der Waals surface area contributed by atoms with E-state index in [9.17, 15) is 14.4 Å². The molecule has 0 N–H and O–H groups in total. The molecule has 4 rings (SSSR count). The van der Waals surface area contributed by atoms with Crippen molar-refractivity contribution in [2.45, 2.75) is 38.6 Å². The average Bonchev–Trinajstić information content (AvgIpc) is 3.51. The van der Waals surface area contributed by atoms with Gasteiger partial charge in [-0.05, 0) is 29.7 Å².